The van der Waals surface area contributed by atoms with Crippen molar-refractivity contribution in [3.63, 3.8) is 0 Å². The van der Waals surface area contributed by atoms with Crippen LogP contribution in [0, 0.1) is 6.92 Å². The summed E-state index contributed by atoms with van der Waals surface area (Å²) >= 11 is 6.24. The van der Waals surface area contributed by atoms with Gasteiger partial charge in [-0.3, -0.25) is 4.79 Å². The highest BCUT2D eigenvalue weighted by atomic mass is 35.5. The molecule has 1 amide bonds. The van der Waals surface area contributed by atoms with E-state index in [4.69, 9.17) is 20.8 Å². The maximum atomic E-state index is 12.3. The average Bonchev–Trinajstić information content (AvgIpc) is 2.54. The van der Waals surface area contributed by atoms with Gasteiger partial charge in [0.15, 0.2) is 6.61 Å². The fourth-order valence-electron chi connectivity index (χ4n) is 3.12. The minimum Gasteiger partial charge on any atom is -0.482 e. The molecule has 2 heterocycles. The second-order valence-electron chi connectivity index (χ2n) is 6.25. The molecule has 1 aromatic heterocycles. The lowest BCUT2D eigenvalue weighted by Gasteiger charge is -2.33. The molecule has 1 saturated heterocycles. The molecule has 1 atom stereocenters. The molecule has 0 spiro atoms. The lowest BCUT2D eigenvalue weighted by molar-refractivity contribution is -0.136. The van der Waals surface area contributed by atoms with Gasteiger partial charge in [-0.1, -0.05) is 11.6 Å². The van der Waals surface area contributed by atoms with Crippen molar-refractivity contribution in [2.24, 2.45) is 0 Å². The van der Waals surface area contributed by atoms with Crippen LogP contribution in [0.3, 0.4) is 0 Å². The number of likely N-dealkylation sites (tertiary alicyclic amines) is 1. The third-order valence-electron chi connectivity index (χ3n) is 4.48. The van der Waals surface area contributed by atoms with Crippen LogP contribution < -0.4 is 10.4 Å². The summed E-state index contributed by atoms with van der Waals surface area (Å²) in [5, 5.41) is 1.14. The van der Waals surface area contributed by atoms with Crippen molar-refractivity contribution in [2.45, 2.75) is 39.2 Å². The first-order valence-electron chi connectivity index (χ1n) is 8.12. The van der Waals surface area contributed by atoms with Gasteiger partial charge in [-0.15, -0.1) is 0 Å². The Morgan fingerprint density at radius 3 is 2.92 bits per heavy atom. The molecular formula is C18H20ClNO4. The summed E-state index contributed by atoms with van der Waals surface area (Å²) in [7, 11) is 0. The zero-order valence-electron chi connectivity index (χ0n) is 13.8. The SMILES string of the molecule is Cc1cc(=O)oc2cc(OCC(=O)N3CCCCC3C)c(Cl)cc12. The molecule has 0 saturated carbocycles. The fraction of sp³-hybridized carbons (Fsp3) is 0.444. The van der Waals surface area contributed by atoms with Crippen molar-refractivity contribution >= 4 is 28.5 Å². The van der Waals surface area contributed by atoms with Gasteiger partial charge in [0.1, 0.15) is 11.3 Å². The van der Waals surface area contributed by atoms with Crippen LogP contribution in [0.25, 0.3) is 11.0 Å². The largest absolute Gasteiger partial charge is 0.482 e. The van der Waals surface area contributed by atoms with Crippen LogP contribution >= 0.6 is 11.6 Å². The number of carbonyl (C=O) groups is 1. The summed E-state index contributed by atoms with van der Waals surface area (Å²) in [5.74, 6) is 0.292. The van der Waals surface area contributed by atoms with Gasteiger partial charge in [0, 0.05) is 30.1 Å². The van der Waals surface area contributed by atoms with Crippen LogP contribution in [-0.4, -0.2) is 30.0 Å². The molecule has 1 unspecified atom stereocenters. The summed E-state index contributed by atoms with van der Waals surface area (Å²) < 4.78 is 10.8. The van der Waals surface area contributed by atoms with Crippen LogP contribution in [0.2, 0.25) is 5.02 Å². The zero-order chi connectivity index (χ0) is 17.3. The standard InChI is InChI=1S/C18H20ClNO4/c1-11-7-18(22)24-15-9-16(14(19)8-13(11)15)23-10-17(21)20-6-4-3-5-12(20)2/h7-9,12H,3-6,10H2,1-2H3. The molecule has 2 aromatic rings. The molecule has 1 aliphatic heterocycles. The van der Waals surface area contributed by atoms with Crippen molar-refractivity contribution in [3.05, 3.63) is 39.2 Å². The maximum absolute atomic E-state index is 12.3. The topological polar surface area (TPSA) is 59.8 Å². The van der Waals surface area contributed by atoms with Crippen molar-refractivity contribution in [1.29, 1.82) is 0 Å². The minimum absolute atomic E-state index is 0.0518. The van der Waals surface area contributed by atoms with E-state index in [0.717, 1.165) is 36.8 Å². The monoisotopic (exact) mass is 349 g/mol. The molecule has 0 N–H and O–H groups in total. The Morgan fingerprint density at radius 2 is 2.17 bits per heavy atom. The molecule has 128 valence electrons. The highest BCUT2D eigenvalue weighted by Gasteiger charge is 2.23. The molecule has 0 radical (unpaired) electrons. The van der Waals surface area contributed by atoms with Crippen molar-refractivity contribution in [2.75, 3.05) is 13.2 Å². The summed E-state index contributed by atoms with van der Waals surface area (Å²) in [4.78, 5) is 25.7. The molecular weight excluding hydrogens is 330 g/mol. The van der Waals surface area contributed by atoms with Crippen molar-refractivity contribution in [1.82, 2.24) is 4.90 Å². The molecule has 24 heavy (non-hydrogen) atoms. The quantitative estimate of drug-likeness (QED) is 0.795. The van der Waals surface area contributed by atoms with E-state index >= 15 is 0 Å². The van der Waals surface area contributed by atoms with E-state index in [1.54, 1.807) is 12.1 Å². The number of hydrogen-bond donors (Lipinski definition) is 0. The second-order valence-corrected chi connectivity index (χ2v) is 6.66. The number of aryl methyl sites for hydroxylation is 1. The highest BCUT2D eigenvalue weighted by molar-refractivity contribution is 6.32. The van der Waals surface area contributed by atoms with Gasteiger partial charge in [0.25, 0.3) is 5.91 Å². The summed E-state index contributed by atoms with van der Waals surface area (Å²) in [6.07, 6.45) is 3.20. The fourth-order valence-corrected chi connectivity index (χ4v) is 3.34. The summed E-state index contributed by atoms with van der Waals surface area (Å²) in [6.45, 7) is 4.56. The van der Waals surface area contributed by atoms with Gasteiger partial charge in [-0.2, -0.15) is 0 Å². The lowest BCUT2D eigenvalue weighted by Crippen LogP contribution is -2.44. The first-order valence-corrected chi connectivity index (χ1v) is 8.50. The predicted octanol–water partition coefficient (Wildman–Crippen LogP) is 3.53. The smallest absolute Gasteiger partial charge is 0.336 e. The number of ether oxygens (including phenoxy) is 1. The molecule has 6 heteroatoms. The van der Waals surface area contributed by atoms with Crippen LogP contribution in [0.1, 0.15) is 31.7 Å². The van der Waals surface area contributed by atoms with Gasteiger partial charge in [-0.25, -0.2) is 4.79 Å². The molecule has 0 bridgehead atoms. The molecule has 1 aromatic carbocycles. The molecule has 0 aliphatic carbocycles. The van der Waals surface area contributed by atoms with Gasteiger partial charge in [-0.05, 0) is 44.7 Å². The summed E-state index contributed by atoms with van der Waals surface area (Å²) in [6, 6.07) is 4.92. The van der Waals surface area contributed by atoms with E-state index in [-0.39, 0.29) is 18.6 Å². The van der Waals surface area contributed by atoms with E-state index in [1.165, 1.54) is 6.07 Å². The van der Waals surface area contributed by atoms with Gasteiger partial charge in [0.05, 0.1) is 5.02 Å². The number of nitrogens with zero attached hydrogens (tertiary/aromatic N) is 1. The van der Waals surface area contributed by atoms with Gasteiger partial charge in [0.2, 0.25) is 0 Å². The molecule has 1 fully saturated rings. The van der Waals surface area contributed by atoms with E-state index < -0.39 is 5.63 Å². The Labute approximate surface area is 145 Å². The van der Waals surface area contributed by atoms with Crippen LogP contribution in [0.15, 0.2) is 27.4 Å². The number of piperidine rings is 1. The van der Waals surface area contributed by atoms with Crippen LogP contribution in [0.5, 0.6) is 5.75 Å². The van der Waals surface area contributed by atoms with Gasteiger partial charge >= 0.3 is 5.63 Å². The zero-order valence-corrected chi connectivity index (χ0v) is 14.6. The maximum Gasteiger partial charge on any atom is 0.336 e. The Hall–Kier alpha value is -2.01. The Balaban J connectivity index is 1.78. The second kappa shape index (κ2) is 6.85. The Morgan fingerprint density at radius 1 is 1.38 bits per heavy atom. The number of amides is 1. The predicted molar refractivity (Wildman–Crippen MR) is 92.8 cm³/mol. The van der Waals surface area contributed by atoms with Crippen LogP contribution in [-0.2, 0) is 4.79 Å². The number of fused-ring (bicyclic) bond motifs is 1. The van der Waals surface area contributed by atoms with Crippen molar-refractivity contribution < 1.29 is 13.9 Å². The Kier molecular flexibility index (Phi) is 4.81. The van der Waals surface area contributed by atoms with E-state index in [2.05, 4.69) is 6.92 Å². The lowest BCUT2D eigenvalue weighted by atomic mass is 10.0. The first kappa shape index (κ1) is 16.8. The van der Waals surface area contributed by atoms with Gasteiger partial charge < -0.3 is 14.1 Å². The first-order chi connectivity index (χ1) is 11.5. The van der Waals surface area contributed by atoms with E-state index in [1.807, 2.05) is 11.8 Å². The molecule has 1 aliphatic rings. The Bertz CT molecular complexity index is 830. The normalized spacial score (nSPS) is 18.0. The average molecular weight is 350 g/mol. The number of carbonyl (C=O) groups excluding carboxylic acids is 1. The molecule has 5 nitrogen and oxygen atoms in total. The van der Waals surface area contributed by atoms with Crippen molar-refractivity contribution in [3.8, 4) is 5.75 Å². The number of benzene rings is 1. The van der Waals surface area contributed by atoms with E-state index in [9.17, 15) is 9.59 Å². The number of halogens is 1. The molecule has 3 rings (SSSR count). The van der Waals surface area contributed by atoms with Crippen LogP contribution in [0.4, 0.5) is 0 Å². The summed E-state index contributed by atoms with van der Waals surface area (Å²) in [5.41, 5.74) is 0.762. The number of hydrogen-bond acceptors (Lipinski definition) is 4. The highest BCUT2D eigenvalue weighted by Crippen LogP contribution is 2.31. The van der Waals surface area contributed by atoms with E-state index in [0.29, 0.717) is 16.4 Å². The minimum atomic E-state index is -0.425. The third kappa shape index (κ3) is 3.41. The number of rotatable bonds is 3. The third-order valence-corrected chi connectivity index (χ3v) is 4.77.